The lowest BCUT2D eigenvalue weighted by molar-refractivity contribution is 0.0949. The van der Waals surface area contributed by atoms with Crippen LogP contribution in [0.2, 0.25) is 0 Å². The zero-order valence-corrected chi connectivity index (χ0v) is 15.1. The third-order valence-electron chi connectivity index (χ3n) is 3.97. The number of nitrogens with one attached hydrogen (secondary N) is 1. The maximum atomic E-state index is 12.4. The predicted octanol–water partition coefficient (Wildman–Crippen LogP) is 1.78. The molecule has 27 heavy (non-hydrogen) atoms. The molecule has 9 heteroatoms. The Bertz CT molecular complexity index is 1150. The number of thiazole rings is 1. The highest BCUT2D eigenvalue weighted by atomic mass is 32.1. The van der Waals surface area contributed by atoms with Crippen molar-refractivity contribution in [3.05, 3.63) is 70.1 Å². The molecule has 1 aromatic carbocycles. The normalized spacial score (nSPS) is 10.9. The average Bonchev–Trinajstić information content (AvgIpc) is 3.14. The first-order valence-corrected chi connectivity index (χ1v) is 8.90. The highest BCUT2D eigenvalue weighted by Gasteiger charge is 2.14. The fourth-order valence-electron chi connectivity index (χ4n) is 2.52. The number of hydrogen-bond donors (Lipinski definition) is 1. The molecule has 0 radical (unpaired) electrons. The van der Waals surface area contributed by atoms with Gasteiger partial charge in [0.15, 0.2) is 5.01 Å². The van der Waals surface area contributed by atoms with Gasteiger partial charge in [-0.3, -0.25) is 14.2 Å². The first kappa shape index (κ1) is 17.0. The van der Waals surface area contributed by atoms with Crippen LogP contribution < -0.4 is 10.9 Å². The number of benzene rings is 1. The summed E-state index contributed by atoms with van der Waals surface area (Å²) in [5.41, 5.74) is 1.53. The molecule has 3 heterocycles. The Morgan fingerprint density at radius 3 is 2.81 bits per heavy atom. The Morgan fingerprint density at radius 2 is 2.04 bits per heavy atom. The number of hydrogen-bond acceptors (Lipinski definition) is 7. The first-order valence-electron chi connectivity index (χ1n) is 8.09. The Hall–Kier alpha value is -3.46. The molecule has 0 bridgehead atoms. The average molecular weight is 378 g/mol. The van der Waals surface area contributed by atoms with Crippen LogP contribution in [0, 0.1) is 0 Å². The number of fused-ring (bicyclic) bond motifs is 1. The summed E-state index contributed by atoms with van der Waals surface area (Å²) in [5.74, 6) is 0.114. The predicted molar refractivity (Wildman–Crippen MR) is 101 cm³/mol. The van der Waals surface area contributed by atoms with Crippen LogP contribution >= 0.6 is 11.3 Å². The van der Waals surface area contributed by atoms with Crippen LogP contribution in [0.5, 0.6) is 0 Å². The first-order chi connectivity index (χ1) is 13.1. The highest BCUT2D eigenvalue weighted by Crippen LogP contribution is 2.21. The largest absolute Gasteiger partial charge is 0.343 e. The molecule has 0 saturated carbocycles. The van der Waals surface area contributed by atoms with Crippen LogP contribution in [0.1, 0.15) is 15.6 Å². The summed E-state index contributed by atoms with van der Waals surface area (Å²) >= 11 is 1.32. The zero-order valence-electron chi connectivity index (χ0n) is 14.3. The minimum atomic E-state index is -0.308. The maximum Gasteiger partial charge on any atom is 0.280 e. The third kappa shape index (κ3) is 3.44. The smallest absolute Gasteiger partial charge is 0.280 e. The van der Waals surface area contributed by atoms with E-state index in [1.165, 1.54) is 28.3 Å². The molecule has 1 N–H and O–H groups in total. The van der Waals surface area contributed by atoms with Crippen LogP contribution in [-0.2, 0) is 13.6 Å². The quantitative estimate of drug-likeness (QED) is 0.581. The SMILES string of the molecule is Cn1c(CNC(=O)c2nc3ccccc3s2)nc(-c2ccncn2)cc1=O. The monoisotopic (exact) mass is 378 g/mol. The fraction of sp³-hybridized carbons (Fsp3) is 0.111. The van der Waals surface area contributed by atoms with Gasteiger partial charge in [-0.15, -0.1) is 11.3 Å². The van der Waals surface area contributed by atoms with Gasteiger partial charge in [0.1, 0.15) is 12.2 Å². The van der Waals surface area contributed by atoms with E-state index >= 15 is 0 Å². The molecule has 0 atom stereocenters. The standard InChI is InChI=1S/C18H14N6O2S/c1-24-15(22-13(8-16(24)25)11-6-7-19-10-21-11)9-20-17(26)18-23-12-4-2-3-5-14(12)27-18/h2-8,10H,9H2,1H3,(H,20,26). The van der Waals surface area contributed by atoms with Crippen molar-refractivity contribution in [1.29, 1.82) is 0 Å². The topological polar surface area (TPSA) is 103 Å². The van der Waals surface area contributed by atoms with E-state index in [1.54, 1.807) is 19.3 Å². The molecule has 0 aliphatic carbocycles. The highest BCUT2D eigenvalue weighted by molar-refractivity contribution is 7.20. The number of aromatic nitrogens is 5. The van der Waals surface area contributed by atoms with Crippen LogP contribution in [0.15, 0.2) is 53.7 Å². The van der Waals surface area contributed by atoms with Gasteiger partial charge in [-0.05, 0) is 18.2 Å². The van der Waals surface area contributed by atoms with E-state index in [1.807, 2.05) is 24.3 Å². The Labute approximate surface area is 157 Å². The van der Waals surface area contributed by atoms with Crippen LogP contribution in [0.3, 0.4) is 0 Å². The maximum absolute atomic E-state index is 12.4. The van der Waals surface area contributed by atoms with Gasteiger partial charge in [0.05, 0.1) is 28.1 Å². The van der Waals surface area contributed by atoms with Gasteiger partial charge < -0.3 is 5.32 Å². The fourth-order valence-corrected chi connectivity index (χ4v) is 3.41. The summed E-state index contributed by atoms with van der Waals surface area (Å²) in [6, 6.07) is 10.6. The molecule has 0 fully saturated rings. The lowest BCUT2D eigenvalue weighted by Crippen LogP contribution is -2.29. The van der Waals surface area contributed by atoms with Gasteiger partial charge in [0.25, 0.3) is 11.5 Å². The van der Waals surface area contributed by atoms with Crippen LogP contribution in [0.4, 0.5) is 0 Å². The number of amides is 1. The van der Waals surface area contributed by atoms with Gasteiger partial charge in [-0.1, -0.05) is 12.1 Å². The van der Waals surface area contributed by atoms with Gasteiger partial charge in [-0.25, -0.2) is 19.9 Å². The van der Waals surface area contributed by atoms with Crippen molar-refractivity contribution in [1.82, 2.24) is 29.8 Å². The van der Waals surface area contributed by atoms with E-state index in [4.69, 9.17) is 0 Å². The van der Waals surface area contributed by atoms with Crippen molar-refractivity contribution in [2.24, 2.45) is 7.05 Å². The van der Waals surface area contributed by atoms with E-state index in [2.05, 4.69) is 25.3 Å². The molecule has 0 aliphatic rings. The second-order valence-electron chi connectivity index (χ2n) is 5.72. The molecule has 0 unspecified atom stereocenters. The van der Waals surface area contributed by atoms with Crippen molar-refractivity contribution in [2.75, 3.05) is 0 Å². The molecular formula is C18H14N6O2S. The van der Waals surface area contributed by atoms with E-state index in [0.717, 1.165) is 10.2 Å². The van der Waals surface area contributed by atoms with Gasteiger partial charge in [-0.2, -0.15) is 0 Å². The van der Waals surface area contributed by atoms with Crippen molar-refractivity contribution < 1.29 is 4.79 Å². The molecule has 1 amide bonds. The molecule has 4 aromatic rings. The van der Waals surface area contributed by atoms with Crippen molar-refractivity contribution in [3.8, 4) is 11.4 Å². The molecule has 134 valence electrons. The van der Waals surface area contributed by atoms with Crippen LogP contribution in [0.25, 0.3) is 21.6 Å². The minimum absolute atomic E-state index is 0.0966. The summed E-state index contributed by atoms with van der Waals surface area (Å²) in [7, 11) is 1.61. The molecule has 4 rings (SSSR count). The molecular weight excluding hydrogens is 364 g/mol. The Morgan fingerprint density at radius 1 is 1.19 bits per heavy atom. The second-order valence-corrected chi connectivity index (χ2v) is 6.75. The molecule has 8 nitrogen and oxygen atoms in total. The summed E-state index contributed by atoms with van der Waals surface area (Å²) < 4.78 is 2.34. The summed E-state index contributed by atoms with van der Waals surface area (Å²) in [5, 5.41) is 3.15. The lowest BCUT2D eigenvalue weighted by atomic mass is 10.3. The van der Waals surface area contributed by atoms with Gasteiger partial charge in [0, 0.05) is 19.3 Å². The number of nitrogens with zero attached hydrogens (tertiary/aromatic N) is 5. The van der Waals surface area contributed by atoms with Crippen LogP contribution in [-0.4, -0.2) is 30.4 Å². The van der Waals surface area contributed by atoms with E-state index in [9.17, 15) is 9.59 Å². The van der Waals surface area contributed by atoms with E-state index < -0.39 is 0 Å². The molecule has 0 aliphatic heterocycles. The van der Waals surface area contributed by atoms with Gasteiger partial charge in [0.2, 0.25) is 0 Å². The third-order valence-corrected chi connectivity index (χ3v) is 5.00. The number of rotatable bonds is 4. The summed E-state index contributed by atoms with van der Waals surface area (Å²) in [6.45, 7) is 0.0966. The molecule has 0 saturated heterocycles. The number of carbonyl (C=O) groups excluding carboxylic acids is 1. The van der Waals surface area contributed by atoms with Crippen molar-refractivity contribution >= 4 is 27.5 Å². The van der Waals surface area contributed by atoms with Gasteiger partial charge >= 0.3 is 0 Å². The van der Waals surface area contributed by atoms with E-state index in [-0.39, 0.29) is 18.0 Å². The summed E-state index contributed by atoms with van der Waals surface area (Å²) in [4.78, 5) is 41.4. The summed E-state index contributed by atoms with van der Waals surface area (Å²) in [6.07, 6.45) is 2.97. The number of carbonyl (C=O) groups is 1. The Kier molecular flexibility index (Phi) is 4.43. The molecule has 3 aromatic heterocycles. The zero-order chi connectivity index (χ0) is 18.8. The minimum Gasteiger partial charge on any atom is -0.343 e. The van der Waals surface area contributed by atoms with Crippen molar-refractivity contribution in [2.45, 2.75) is 6.54 Å². The van der Waals surface area contributed by atoms with E-state index in [0.29, 0.717) is 22.2 Å². The second kappa shape index (κ2) is 7.04. The molecule has 0 spiro atoms. The van der Waals surface area contributed by atoms with Crippen molar-refractivity contribution in [3.63, 3.8) is 0 Å². The number of para-hydroxylation sites is 1. The lowest BCUT2D eigenvalue weighted by Gasteiger charge is -2.09. The Balaban J connectivity index is 1.58.